The van der Waals surface area contributed by atoms with Gasteiger partial charge in [0.2, 0.25) is 0 Å². The van der Waals surface area contributed by atoms with Crippen LogP contribution < -0.4 is 10.0 Å². The van der Waals surface area contributed by atoms with E-state index in [-0.39, 0.29) is 10.8 Å². The molecule has 0 aliphatic heterocycles. The van der Waals surface area contributed by atoms with E-state index in [1.165, 1.54) is 6.07 Å². The quantitative estimate of drug-likeness (QED) is 0.587. The first-order valence-corrected chi connectivity index (χ1v) is 11.2. The molecule has 0 saturated heterocycles. The number of nitrogens with one attached hydrogen (secondary N) is 2. The third-order valence-corrected chi connectivity index (χ3v) is 6.23. The summed E-state index contributed by atoms with van der Waals surface area (Å²) < 4.78 is 28.3. The summed E-state index contributed by atoms with van der Waals surface area (Å²) in [4.78, 5) is 13.0. The van der Waals surface area contributed by atoms with Crippen LogP contribution in [0.3, 0.4) is 0 Å². The van der Waals surface area contributed by atoms with Crippen LogP contribution in [0.2, 0.25) is 0 Å². The molecule has 30 heavy (non-hydrogen) atoms. The van der Waals surface area contributed by atoms with E-state index in [1.54, 1.807) is 43.3 Å². The lowest BCUT2D eigenvalue weighted by atomic mass is 9.94. The summed E-state index contributed by atoms with van der Waals surface area (Å²) in [5.41, 5.74) is 1.96. The van der Waals surface area contributed by atoms with Gasteiger partial charge >= 0.3 is 0 Å². The summed E-state index contributed by atoms with van der Waals surface area (Å²) in [5, 5.41) is 3.01. The fourth-order valence-corrected chi connectivity index (χ4v) is 4.61. The van der Waals surface area contributed by atoms with Crippen LogP contribution in [0.5, 0.6) is 0 Å². The van der Waals surface area contributed by atoms with Crippen LogP contribution in [0.15, 0.2) is 83.8 Å². The maximum Gasteiger partial charge on any atom is 0.262 e. The molecule has 2 N–H and O–H groups in total. The zero-order valence-electron chi connectivity index (χ0n) is 17.3. The van der Waals surface area contributed by atoms with E-state index in [1.807, 2.05) is 50.2 Å². The van der Waals surface area contributed by atoms with Gasteiger partial charge in [-0.1, -0.05) is 54.6 Å². The van der Waals surface area contributed by atoms with E-state index in [9.17, 15) is 13.2 Å². The molecule has 0 saturated carbocycles. The molecule has 0 radical (unpaired) electrons. The van der Waals surface area contributed by atoms with Crippen molar-refractivity contribution in [2.24, 2.45) is 0 Å². The molecule has 0 aromatic heterocycles. The lowest BCUT2D eigenvalue weighted by Gasteiger charge is -2.26. The SMILES string of the molecule is Cc1ccc(C(=O)NC(C)(C)Cc2ccccc2)cc1S(=O)(=O)Nc1ccccc1. The highest BCUT2D eigenvalue weighted by Crippen LogP contribution is 2.21. The molecule has 0 bridgehead atoms. The van der Waals surface area contributed by atoms with Gasteiger partial charge in [0.15, 0.2) is 0 Å². The number of anilines is 1. The molecule has 0 atom stereocenters. The molecule has 1 amide bonds. The molecule has 0 aliphatic carbocycles. The van der Waals surface area contributed by atoms with Crippen molar-refractivity contribution in [3.63, 3.8) is 0 Å². The van der Waals surface area contributed by atoms with E-state index in [0.717, 1.165) is 5.56 Å². The van der Waals surface area contributed by atoms with Crippen LogP contribution in [0.4, 0.5) is 5.69 Å². The van der Waals surface area contributed by atoms with Crippen molar-refractivity contribution >= 4 is 21.6 Å². The Hall–Kier alpha value is -3.12. The van der Waals surface area contributed by atoms with Crippen molar-refractivity contribution in [1.29, 1.82) is 0 Å². The van der Waals surface area contributed by atoms with E-state index in [4.69, 9.17) is 0 Å². The van der Waals surface area contributed by atoms with Gasteiger partial charge in [-0.25, -0.2) is 8.42 Å². The van der Waals surface area contributed by atoms with Gasteiger partial charge in [-0.15, -0.1) is 0 Å². The Morgan fingerprint density at radius 3 is 2.13 bits per heavy atom. The highest BCUT2D eigenvalue weighted by molar-refractivity contribution is 7.92. The molecule has 3 aromatic carbocycles. The number of hydrogen-bond donors (Lipinski definition) is 2. The number of aryl methyl sites for hydroxylation is 1. The highest BCUT2D eigenvalue weighted by Gasteiger charge is 2.24. The van der Waals surface area contributed by atoms with Crippen LogP contribution in [-0.4, -0.2) is 19.9 Å². The van der Waals surface area contributed by atoms with Crippen molar-refractivity contribution in [2.45, 2.75) is 37.6 Å². The Balaban J connectivity index is 1.81. The lowest BCUT2D eigenvalue weighted by molar-refractivity contribution is 0.0913. The predicted octanol–water partition coefficient (Wildman–Crippen LogP) is 4.55. The number of hydrogen-bond acceptors (Lipinski definition) is 3. The van der Waals surface area contributed by atoms with Gasteiger partial charge in [0, 0.05) is 16.8 Å². The van der Waals surface area contributed by atoms with E-state index < -0.39 is 15.6 Å². The Labute approximate surface area is 178 Å². The monoisotopic (exact) mass is 422 g/mol. The molecule has 6 heteroatoms. The molecular formula is C24H26N2O3S. The number of amides is 1. The molecule has 5 nitrogen and oxygen atoms in total. The Morgan fingerprint density at radius 2 is 1.50 bits per heavy atom. The van der Waals surface area contributed by atoms with Gasteiger partial charge in [-0.05, 0) is 62.6 Å². The predicted molar refractivity (Wildman–Crippen MR) is 120 cm³/mol. The summed E-state index contributed by atoms with van der Waals surface area (Å²) in [5.74, 6) is -0.313. The molecule has 0 spiro atoms. The van der Waals surface area contributed by atoms with Crippen LogP contribution in [0.1, 0.15) is 35.3 Å². The molecule has 0 unspecified atom stereocenters. The van der Waals surface area contributed by atoms with Crippen molar-refractivity contribution < 1.29 is 13.2 Å². The molecule has 0 heterocycles. The van der Waals surface area contributed by atoms with Crippen molar-refractivity contribution in [2.75, 3.05) is 4.72 Å². The van der Waals surface area contributed by atoms with Crippen LogP contribution in [0.25, 0.3) is 0 Å². The average molecular weight is 423 g/mol. The Bertz CT molecular complexity index is 1130. The zero-order valence-corrected chi connectivity index (χ0v) is 18.2. The van der Waals surface area contributed by atoms with E-state index in [2.05, 4.69) is 10.0 Å². The maximum atomic E-state index is 12.9. The first kappa shape index (κ1) is 21.6. The second-order valence-corrected chi connectivity index (χ2v) is 9.60. The maximum absolute atomic E-state index is 12.9. The minimum atomic E-state index is -3.82. The third-order valence-electron chi connectivity index (χ3n) is 4.71. The number of rotatable bonds is 7. The van der Waals surface area contributed by atoms with Gasteiger partial charge in [-0.3, -0.25) is 9.52 Å². The van der Waals surface area contributed by atoms with Crippen LogP contribution in [-0.2, 0) is 16.4 Å². The number of para-hydroxylation sites is 1. The molecule has 0 fully saturated rings. The summed E-state index contributed by atoms with van der Waals surface area (Å²) in [6.45, 7) is 5.60. The van der Waals surface area contributed by atoms with Crippen molar-refractivity contribution in [3.8, 4) is 0 Å². The largest absolute Gasteiger partial charge is 0.347 e. The van der Waals surface area contributed by atoms with E-state index in [0.29, 0.717) is 23.2 Å². The Morgan fingerprint density at radius 1 is 0.900 bits per heavy atom. The molecule has 156 valence electrons. The van der Waals surface area contributed by atoms with Crippen LogP contribution >= 0.6 is 0 Å². The number of sulfonamides is 1. The lowest BCUT2D eigenvalue weighted by Crippen LogP contribution is -2.45. The standard InChI is InChI=1S/C24H26N2O3S/c1-18-14-15-20(16-22(18)30(28,29)26-21-12-8-5-9-13-21)23(27)25-24(2,3)17-19-10-6-4-7-11-19/h4-16,26H,17H2,1-3H3,(H,25,27). The first-order valence-electron chi connectivity index (χ1n) is 9.71. The molecular weight excluding hydrogens is 396 g/mol. The summed E-state index contributed by atoms with van der Waals surface area (Å²) in [7, 11) is -3.82. The second-order valence-electron chi connectivity index (χ2n) is 7.95. The minimum Gasteiger partial charge on any atom is -0.347 e. The second kappa shape index (κ2) is 8.71. The summed E-state index contributed by atoms with van der Waals surface area (Å²) in [6.07, 6.45) is 0.659. The van der Waals surface area contributed by atoms with Gasteiger partial charge in [0.1, 0.15) is 0 Å². The summed E-state index contributed by atoms with van der Waals surface area (Å²) >= 11 is 0. The summed E-state index contributed by atoms with van der Waals surface area (Å²) in [6, 6.07) is 23.3. The topological polar surface area (TPSA) is 75.3 Å². The fraction of sp³-hybridized carbons (Fsp3) is 0.208. The van der Waals surface area contributed by atoms with Gasteiger partial charge < -0.3 is 5.32 Å². The third kappa shape index (κ3) is 5.48. The fourth-order valence-electron chi connectivity index (χ4n) is 3.28. The smallest absolute Gasteiger partial charge is 0.262 e. The average Bonchev–Trinajstić information content (AvgIpc) is 2.68. The van der Waals surface area contributed by atoms with Crippen molar-refractivity contribution in [1.82, 2.24) is 5.32 Å². The first-order chi connectivity index (χ1) is 14.2. The van der Waals surface area contributed by atoms with Gasteiger partial charge in [0.05, 0.1) is 4.90 Å². The highest BCUT2D eigenvalue weighted by atomic mass is 32.2. The Kier molecular flexibility index (Phi) is 6.27. The number of carbonyl (C=O) groups is 1. The zero-order chi connectivity index (χ0) is 21.8. The minimum absolute atomic E-state index is 0.0832. The normalized spacial score (nSPS) is 11.7. The molecule has 0 aliphatic rings. The van der Waals surface area contributed by atoms with Crippen LogP contribution in [0, 0.1) is 6.92 Å². The van der Waals surface area contributed by atoms with Gasteiger partial charge in [0.25, 0.3) is 15.9 Å². The number of carbonyl (C=O) groups excluding carboxylic acids is 1. The molecule has 3 rings (SSSR count). The molecule has 3 aromatic rings. The number of benzene rings is 3. The van der Waals surface area contributed by atoms with Crippen molar-refractivity contribution in [3.05, 3.63) is 95.6 Å². The van der Waals surface area contributed by atoms with E-state index >= 15 is 0 Å². The van der Waals surface area contributed by atoms with Gasteiger partial charge in [-0.2, -0.15) is 0 Å².